The van der Waals surface area contributed by atoms with Crippen molar-refractivity contribution in [1.29, 1.82) is 0 Å². The van der Waals surface area contributed by atoms with Crippen molar-refractivity contribution in [2.24, 2.45) is 0 Å². The number of nitrogens with one attached hydrogen (secondary N) is 1. The van der Waals surface area contributed by atoms with E-state index >= 15 is 0 Å². The average Bonchev–Trinajstić information content (AvgIpc) is 2.62. The van der Waals surface area contributed by atoms with Crippen molar-refractivity contribution in [3.63, 3.8) is 0 Å². The Morgan fingerprint density at radius 3 is 2.42 bits per heavy atom. The van der Waals surface area contributed by atoms with E-state index in [1.165, 1.54) is 5.56 Å². The first-order chi connectivity index (χ1) is 12.3. The van der Waals surface area contributed by atoms with Gasteiger partial charge in [-0.3, -0.25) is 4.79 Å². The van der Waals surface area contributed by atoms with E-state index in [0.717, 1.165) is 17.5 Å². The van der Waals surface area contributed by atoms with E-state index in [1.807, 2.05) is 32.9 Å². The number of hydrogen-bond acceptors (Lipinski definition) is 6. The minimum absolute atomic E-state index is 0.0131. The van der Waals surface area contributed by atoms with Gasteiger partial charge in [-0.05, 0) is 42.9 Å². The molecule has 1 fully saturated rings. The number of aliphatic hydroxyl groups excluding tert-OH is 4. The number of aliphatic hydroxyl groups is 4. The van der Waals surface area contributed by atoms with Gasteiger partial charge in [0.15, 0.2) is 6.23 Å². The molecule has 6 atom stereocenters. The molecule has 0 unspecified atom stereocenters. The largest absolute Gasteiger partial charge is 0.394 e. The molecular formula is C19H29NO6. The minimum atomic E-state index is -1.51. The van der Waals surface area contributed by atoms with Gasteiger partial charge in [-0.1, -0.05) is 25.1 Å². The molecule has 1 aliphatic rings. The Bertz CT molecular complexity index is 620. The predicted molar refractivity (Wildman–Crippen MR) is 95.5 cm³/mol. The summed E-state index contributed by atoms with van der Waals surface area (Å²) in [5.41, 5.74) is 3.42. The van der Waals surface area contributed by atoms with Gasteiger partial charge >= 0.3 is 0 Å². The maximum atomic E-state index is 12.4. The number of aryl methyl sites for hydroxylation is 2. The van der Waals surface area contributed by atoms with Gasteiger partial charge in [0.05, 0.1) is 6.61 Å². The molecule has 1 amide bonds. The molecule has 0 aromatic heterocycles. The number of carbonyl (C=O) groups excluding carboxylic acids is 1. The van der Waals surface area contributed by atoms with Crippen LogP contribution in [-0.4, -0.2) is 63.6 Å². The summed E-state index contributed by atoms with van der Waals surface area (Å²) in [5, 5.41) is 41.4. The zero-order chi connectivity index (χ0) is 19.4. The molecule has 0 bridgehead atoms. The summed E-state index contributed by atoms with van der Waals surface area (Å²) in [7, 11) is 0. The van der Waals surface area contributed by atoms with Gasteiger partial charge in [0.1, 0.15) is 24.4 Å². The molecule has 1 aromatic carbocycles. The third-order valence-electron chi connectivity index (χ3n) is 5.12. The van der Waals surface area contributed by atoms with Gasteiger partial charge in [-0.15, -0.1) is 0 Å². The molecule has 0 saturated carbocycles. The summed E-state index contributed by atoms with van der Waals surface area (Å²) in [6.45, 7) is 5.53. The van der Waals surface area contributed by atoms with E-state index in [9.17, 15) is 25.2 Å². The number of rotatable bonds is 6. The monoisotopic (exact) mass is 367 g/mol. The molecule has 7 heteroatoms. The third-order valence-corrected chi connectivity index (χ3v) is 5.12. The second-order valence-electron chi connectivity index (χ2n) is 6.97. The van der Waals surface area contributed by atoms with Gasteiger partial charge < -0.3 is 30.5 Å². The standard InChI is InChI=1S/C19H29NO6/c1-4-12(13-6-5-10(2)11(3)7-13)8-15(22)20-19-18(25)17(24)16(23)14(9-21)26-19/h5-7,12,14,16-19,21,23-25H,4,8-9H2,1-3H3,(H,20,22)/t12-,14-,16-,17+,18-,19-/m1/s1. The first kappa shape index (κ1) is 20.8. The lowest BCUT2D eigenvalue weighted by atomic mass is 9.90. The van der Waals surface area contributed by atoms with E-state index in [0.29, 0.717) is 0 Å². The molecule has 1 aromatic rings. The van der Waals surface area contributed by atoms with E-state index in [4.69, 9.17) is 4.74 Å². The summed E-state index contributed by atoms with van der Waals surface area (Å²) >= 11 is 0. The Morgan fingerprint density at radius 2 is 1.85 bits per heavy atom. The number of hydrogen-bond donors (Lipinski definition) is 5. The Labute approximate surface area is 153 Å². The molecule has 0 radical (unpaired) electrons. The SMILES string of the molecule is CC[C@H](CC(=O)N[C@@H]1O[C@H](CO)[C@@H](O)[C@H](O)[C@H]1O)c1ccc(C)c(C)c1. The Morgan fingerprint density at radius 1 is 1.15 bits per heavy atom. The summed E-state index contributed by atoms with van der Waals surface area (Å²) in [4.78, 5) is 12.4. The fourth-order valence-corrected chi connectivity index (χ4v) is 3.18. The Hall–Kier alpha value is -1.51. The zero-order valence-electron chi connectivity index (χ0n) is 15.4. The fraction of sp³-hybridized carbons (Fsp3) is 0.632. The number of ether oxygens (including phenoxy) is 1. The first-order valence-electron chi connectivity index (χ1n) is 8.95. The maximum absolute atomic E-state index is 12.4. The van der Waals surface area contributed by atoms with E-state index in [-0.39, 0.29) is 18.2 Å². The van der Waals surface area contributed by atoms with Crippen molar-refractivity contribution >= 4 is 5.91 Å². The molecular weight excluding hydrogens is 338 g/mol. The number of carbonyl (C=O) groups is 1. The molecule has 1 heterocycles. The van der Waals surface area contributed by atoms with Crippen molar-refractivity contribution in [2.75, 3.05) is 6.61 Å². The van der Waals surface area contributed by atoms with Crippen molar-refractivity contribution in [1.82, 2.24) is 5.32 Å². The summed E-state index contributed by atoms with van der Waals surface area (Å²) < 4.78 is 5.32. The van der Waals surface area contributed by atoms with Crippen LogP contribution in [0.5, 0.6) is 0 Å². The Kier molecular flexibility index (Phi) is 7.14. The second kappa shape index (κ2) is 8.92. The molecule has 1 aliphatic heterocycles. The van der Waals surface area contributed by atoms with Crippen LogP contribution in [-0.2, 0) is 9.53 Å². The molecule has 0 spiro atoms. The highest BCUT2D eigenvalue weighted by Gasteiger charge is 2.44. The predicted octanol–water partition coefficient (Wildman–Crippen LogP) is 0.103. The molecule has 2 rings (SSSR count). The minimum Gasteiger partial charge on any atom is -0.394 e. The van der Waals surface area contributed by atoms with Crippen LogP contribution in [0, 0.1) is 13.8 Å². The van der Waals surface area contributed by atoms with Crippen molar-refractivity contribution < 1.29 is 30.0 Å². The van der Waals surface area contributed by atoms with Crippen molar-refractivity contribution in [3.8, 4) is 0 Å². The zero-order valence-corrected chi connectivity index (χ0v) is 15.4. The van der Waals surface area contributed by atoms with Gasteiger partial charge in [0, 0.05) is 6.42 Å². The van der Waals surface area contributed by atoms with E-state index in [2.05, 4.69) is 11.4 Å². The van der Waals surface area contributed by atoms with Gasteiger partial charge in [-0.2, -0.15) is 0 Å². The number of amides is 1. The summed E-state index contributed by atoms with van der Waals surface area (Å²) in [5.74, 6) is -0.321. The van der Waals surface area contributed by atoms with Crippen LogP contribution in [0.4, 0.5) is 0 Å². The van der Waals surface area contributed by atoms with Gasteiger partial charge in [0.25, 0.3) is 0 Å². The van der Waals surface area contributed by atoms with Crippen LogP contribution in [0.25, 0.3) is 0 Å². The van der Waals surface area contributed by atoms with Gasteiger partial charge in [0.2, 0.25) is 5.91 Å². The van der Waals surface area contributed by atoms with Crippen LogP contribution in [0.1, 0.15) is 42.4 Å². The average molecular weight is 367 g/mol. The molecule has 5 N–H and O–H groups in total. The third kappa shape index (κ3) is 4.61. The fourth-order valence-electron chi connectivity index (χ4n) is 3.18. The molecule has 0 aliphatic carbocycles. The van der Waals surface area contributed by atoms with Crippen LogP contribution in [0.2, 0.25) is 0 Å². The summed E-state index contributed by atoms with van der Waals surface area (Å²) in [6.07, 6.45) is -5.68. The Balaban J connectivity index is 2.02. The lowest BCUT2D eigenvalue weighted by Crippen LogP contribution is -2.63. The van der Waals surface area contributed by atoms with E-state index in [1.54, 1.807) is 0 Å². The van der Waals surface area contributed by atoms with Crippen LogP contribution in [0.3, 0.4) is 0 Å². The lowest BCUT2D eigenvalue weighted by molar-refractivity contribution is -0.236. The molecule has 1 saturated heterocycles. The highest BCUT2D eigenvalue weighted by atomic mass is 16.6. The second-order valence-corrected chi connectivity index (χ2v) is 6.97. The highest BCUT2D eigenvalue weighted by Crippen LogP contribution is 2.26. The maximum Gasteiger partial charge on any atom is 0.222 e. The topological polar surface area (TPSA) is 119 Å². The lowest BCUT2D eigenvalue weighted by Gasteiger charge is -2.40. The smallest absolute Gasteiger partial charge is 0.222 e. The van der Waals surface area contributed by atoms with Crippen LogP contribution < -0.4 is 5.32 Å². The van der Waals surface area contributed by atoms with Crippen LogP contribution >= 0.6 is 0 Å². The quantitative estimate of drug-likeness (QED) is 0.487. The molecule has 7 nitrogen and oxygen atoms in total. The molecule has 26 heavy (non-hydrogen) atoms. The number of benzene rings is 1. The normalized spacial score (nSPS) is 30.0. The molecule has 146 valence electrons. The van der Waals surface area contributed by atoms with Crippen molar-refractivity contribution in [3.05, 3.63) is 34.9 Å². The van der Waals surface area contributed by atoms with E-state index < -0.39 is 37.3 Å². The van der Waals surface area contributed by atoms with Crippen LogP contribution in [0.15, 0.2) is 18.2 Å². The summed E-state index contributed by atoms with van der Waals surface area (Å²) in [6, 6.07) is 6.12. The van der Waals surface area contributed by atoms with Gasteiger partial charge in [-0.25, -0.2) is 0 Å². The first-order valence-corrected chi connectivity index (χ1v) is 8.95. The highest BCUT2D eigenvalue weighted by molar-refractivity contribution is 5.77. The van der Waals surface area contributed by atoms with Crippen molar-refractivity contribution in [2.45, 2.75) is 70.2 Å².